The third kappa shape index (κ3) is 6.47. The summed E-state index contributed by atoms with van der Waals surface area (Å²) in [6, 6.07) is 18.1. The van der Waals surface area contributed by atoms with Gasteiger partial charge >= 0.3 is 5.97 Å². The maximum Gasteiger partial charge on any atom is 0.311 e. The topological polar surface area (TPSA) is 84.9 Å². The van der Waals surface area contributed by atoms with Crippen LogP contribution >= 0.6 is 23.2 Å². The van der Waals surface area contributed by atoms with Crippen molar-refractivity contribution in [2.24, 2.45) is 5.92 Å². The molecule has 198 valence electrons. The van der Waals surface area contributed by atoms with Gasteiger partial charge in [0.2, 0.25) is 5.91 Å². The van der Waals surface area contributed by atoms with Crippen LogP contribution in [0.4, 0.5) is 11.4 Å². The molecule has 0 radical (unpaired) electrons. The molecule has 0 aromatic heterocycles. The van der Waals surface area contributed by atoms with E-state index in [9.17, 15) is 14.4 Å². The monoisotopic (exact) mass is 554 g/mol. The van der Waals surface area contributed by atoms with E-state index in [0.717, 1.165) is 16.9 Å². The number of carbonyl (C=O) groups excluding carboxylic acids is 3. The van der Waals surface area contributed by atoms with Crippen LogP contribution in [0.15, 0.2) is 60.7 Å². The van der Waals surface area contributed by atoms with E-state index in [4.69, 9.17) is 32.7 Å². The lowest BCUT2D eigenvalue weighted by atomic mass is 10.0. The Labute approximate surface area is 231 Å². The summed E-state index contributed by atoms with van der Waals surface area (Å²) in [7, 11) is 0. The fourth-order valence-corrected chi connectivity index (χ4v) is 4.53. The summed E-state index contributed by atoms with van der Waals surface area (Å²) in [5.74, 6) is -0.297. The lowest BCUT2D eigenvalue weighted by Gasteiger charge is -2.18. The summed E-state index contributed by atoms with van der Waals surface area (Å²) < 4.78 is 11.3. The van der Waals surface area contributed by atoms with Gasteiger partial charge in [0.25, 0.3) is 5.91 Å². The van der Waals surface area contributed by atoms with E-state index in [-0.39, 0.29) is 23.9 Å². The second kappa shape index (κ2) is 11.9. The molecule has 0 unspecified atom stereocenters. The van der Waals surface area contributed by atoms with Gasteiger partial charge in [-0.2, -0.15) is 0 Å². The number of nitrogens with one attached hydrogen (secondary N) is 1. The summed E-state index contributed by atoms with van der Waals surface area (Å²) in [6.07, 6.45) is -0.000133. The number of nitrogens with zero attached hydrogens (tertiary/aromatic N) is 1. The normalized spacial score (nSPS) is 15.1. The maximum absolute atomic E-state index is 12.7. The number of halogens is 2. The Morgan fingerprint density at radius 3 is 2.53 bits per heavy atom. The highest BCUT2D eigenvalue weighted by atomic mass is 35.5. The van der Waals surface area contributed by atoms with Crippen LogP contribution in [0.5, 0.6) is 11.5 Å². The molecule has 1 fully saturated rings. The fraction of sp³-hybridized carbons (Fsp3) is 0.276. The van der Waals surface area contributed by atoms with Crippen molar-refractivity contribution in [1.29, 1.82) is 0 Å². The quantitative estimate of drug-likeness (QED) is 0.311. The van der Waals surface area contributed by atoms with Crippen LogP contribution in [0.1, 0.15) is 37.3 Å². The number of hydrogen-bond acceptors (Lipinski definition) is 5. The molecule has 3 aromatic rings. The first kappa shape index (κ1) is 27.5. The number of aryl methyl sites for hydroxylation is 1. The zero-order valence-electron chi connectivity index (χ0n) is 21.3. The van der Waals surface area contributed by atoms with Gasteiger partial charge in [-0.3, -0.25) is 14.4 Å². The van der Waals surface area contributed by atoms with E-state index in [0.29, 0.717) is 28.1 Å². The number of hydrogen-bond donors (Lipinski definition) is 1. The van der Waals surface area contributed by atoms with Crippen molar-refractivity contribution in [3.8, 4) is 11.5 Å². The predicted molar refractivity (Wildman–Crippen MR) is 148 cm³/mol. The standard InChI is InChI=1S/C29H28Cl2N2O5/c1-17(2)22-12-7-18(3)13-25(22)38-21-10-8-20(9-11-21)33-15-19(14-27(33)35)29(36)37-16-26(34)32-24-6-4-5-23(30)28(24)31/h4-13,17,19H,14-16H2,1-3H3,(H,32,34)/t19-/m0/s1. The molecule has 2 amide bonds. The smallest absolute Gasteiger partial charge is 0.311 e. The molecule has 1 atom stereocenters. The molecule has 0 bridgehead atoms. The zero-order chi connectivity index (χ0) is 27.4. The Morgan fingerprint density at radius 1 is 1.08 bits per heavy atom. The van der Waals surface area contributed by atoms with E-state index in [1.165, 1.54) is 4.90 Å². The predicted octanol–water partition coefficient (Wildman–Crippen LogP) is 6.75. The van der Waals surface area contributed by atoms with Gasteiger partial charge in [0.15, 0.2) is 6.61 Å². The van der Waals surface area contributed by atoms with Gasteiger partial charge in [0, 0.05) is 18.7 Å². The van der Waals surface area contributed by atoms with E-state index < -0.39 is 24.4 Å². The number of ether oxygens (including phenoxy) is 2. The van der Waals surface area contributed by atoms with Crippen LogP contribution < -0.4 is 15.0 Å². The van der Waals surface area contributed by atoms with E-state index >= 15 is 0 Å². The van der Waals surface area contributed by atoms with Crippen molar-refractivity contribution in [2.75, 3.05) is 23.4 Å². The molecule has 38 heavy (non-hydrogen) atoms. The minimum Gasteiger partial charge on any atom is -0.457 e. The lowest BCUT2D eigenvalue weighted by molar-refractivity contribution is -0.151. The van der Waals surface area contributed by atoms with Gasteiger partial charge in [-0.15, -0.1) is 0 Å². The van der Waals surface area contributed by atoms with Crippen LogP contribution in [0.2, 0.25) is 10.0 Å². The Balaban J connectivity index is 1.33. The van der Waals surface area contributed by atoms with Gasteiger partial charge in [0.05, 0.1) is 21.7 Å². The molecule has 1 aliphatic rings. The van der Waals surface area contributed by atoms with Crippen molar-refractivity contribution in [3.05, 3.63) is 81.8 Å². The summed E-state index contributed by atoms with van der Waals surface area (Å²) in [4.78, 5) is 39.0. The largest absolute Gasteiger partial charge is 0.457 e. The first-order chi connectivity index (χ1) is 18.1. The first-order valence-corrected chi connectivity index (χ1v) is 13.0. The van der Waals surface area contributed by atoms with Crippen LogP contribution in [0.25, 0.3) is 0 Å². The minimum absolute atomic E-state index is 0.000133. The van der Waals surface area contributed by atoms with Crippen LogP contribution in [-0.2, 0) is 19.1 Å². The Bertz CT molecular complexity index is 1360. The second-order valence-corrected chi connectivity index (χ2v) is 10.2. The molecule has 1 heterocycles. The number of carbonyl (C=O) groups is 3. The molecule has 0 aliphatic carbocycles. The van der Waals surface area contributed by atoms with Gasteiger partial charge in [-0.05, 0) is 66.4 Å². The average Bonchev–Trinajstić information content (AvgIpc) is 3.27. The lowest BCUT2D eigenvalue weighted by Crippen LogP contribution is -2.28. The molecule has 1 aliphatic heterocycles. The molecule has 0 spiro atoms. The Kier molecular flexibility index (Phi) is 8.59. The van der Waals surface area contributed by atoms with Gasteiger partial charge in [-0.25, -0.2) is 0 Å². The number of esters is 1. The third-order valence-electron chi connectivity index (χ3n) is 6.20. The van der Waals surface area contributed by atoms with Crippen molar-refractivity contribution >= 4 is 52.4 Å². The number of rotatable bonds is 8. The summed E-state index contributed by atoms with van der Waals surface area (Å²) in [6.45, 7) is 5.90. The van der Waals surface area contributed by atoms with Gasteiger partial charge in [-0.1, -0.05) is 55.2 Å². The SMILES string of the molecule is Cc1ccc(C(C)C)c(Oc2ccc(N3C[C@@H](C(=O)OCC(=O)Nc4cccc(Cl)c4Cl)CC3=O)cc2)c1. The van der Waals surface area contributed by atoms with Gasteiger partial charge in [0.1, 0.15) is 11.5 Å². The highest BCUT2D eigenvalue weighted by molar-refractivity contribution is 6.44. The minimum atomic E-state index is -0.679. The van der Waals surface area contributed by atoms with Crippen LogP contribution in [-0.4, -0.2) is 30.9 Å². The number of anilines is 2. The Morgan fingerprint density at radius 2 is 1.82 bits per heavy atom. The zero-order valence-corrected chi connectivity index (χ0v) is 22.8. The molecule has 0 saturated carbocycles. The third-order valence-corrected chi connectivity index (χ3v) is 7.02. The van der Waals surface area contributed by atoms with Crippen LogP contribution in [0.3, 0.4) is 0 Å². The first-order valence-electron chi connectivity index (χ1n) is 12.2. The number of amides is 2. The van der Waals surface area contributed by atoms with Crippen LogP contribution in [0, 0.1) is 12.8 Å². The van der Waals surface area contributed by atoms with E-state index in [2.05, 4.69) is 31.3 Å². The molecule has 9 heteroatoms. The van der Waals surface area contributed by atoms with Crippen molar-refractivity contribution in [2.45, 2.75) is 33.1 Å². The molecule has 1 saturated heterocycles. The summed E-state index contributed by atoms with van der Waals surface area (Å²) in [5.41, 5.74) is 3.18. The molecular weight excluding hydrogens is 527 g/mol. The van der Waals surface area contributed by atoms with Gasteiger partial charge < -0.3 is 19.7 Å². The van der Waals surface area contributed by atoms with E-state index in [1.54, 1.807) is 42.5 Å². The highest BCUT2D eigenvalue weighted by Crippen LogP contribution is 2.34. The average molecular weight is 555 g/mol. The summed E-state index contributed by atoms with van der Waals surface area (Å²) >= 11 is 12.0. The highest BCUT2D eigenvalue weighted by Gasteiger charge is 2.36. The van der Waals surface area contributed by atoms with Crippen molar-refractivity contribution < 1.29 is 23.9 Å². The number of benzene rings is 3. The fourth-order valence-electron chi connectivity index (χ4n) is 4.18. The van der Waals surface area contributed by atoms with E-state index in [1.807, 2.05) is 13.0 Å². The van der Waals surface area contributed by atoms with Crippen molar-refractivity contribution in [1.82, 2.24) is 0 Å². The summed E-state index contributed by atoms with van der Waals surface area (Å²) in [5, 5.41) is 3.04. The molecule has 3 aromatic carbocycles. The molecular formula is C29H28Cl2N2O5. The maximum atomic E-state index is 12.7. The van der Waals surface area contributed by atoms with Crippen molar-refractivity contribution in [3.63, 3.8) is 0 Å². The Hall–Kier alpha value is -3.55. The second-order valence-electron chi connectivity index (χ2n) is 9.45. The molecule has 7 nitrogen and oxygen atoms in total. The molecule has 4 rings (SSSR count). The molecule has 1 N–H and O–H groups in total.